The molecular weight excluding hydrogens is 328 g/mol. The van der Waals surface area contributed by atoms with E-state index in [0.29, 0.717) is 18.8 Å². The van der Waals surface area contributed by atoms with Crippen molar-refractivity contribution in [1.82, 2.24) is 19.9 Å². The maximum absolute atomic E-state index is 12.9. The molecule has 0 aromatic carbocycles. The zero-order valence-corrected chi connectivity index (χ0v) is 14.9. The third-order valence-corrected chi connectivity index (χ3v) is 5.09. The van der Waals surface area contributed by atoms with Gasteiger partial charge in [-0.1, -0.05) is 0 Å². The van der Waals surface area contributed by atoms with Gasteiger partial charge >= 0.3 is 0 Å². The van der Waals surface area contributed by atoms with Crippen LogP contribution in [0.15, 0.2) is 36.8 Å². The molecule has 26 heavy (non-hydrogen) atoms. The lowest BCUT2D eigenvalue weighted by molar-refractivity contribution is 0.0740. The number of rotatable bonds is 3. The molecule has 2 aliphatic heterocycles. The number of amides is 1. The van der Waals surface area contributed by atoms with Gasteiger partial charge in [-0.25, -0.2) is 9.97 Å². The highest BCUT2D eigenvalue weighted by Gasteiger charge is 2.24. The Morgan fingerprint density at radius 2 is 1.54 bits per heavy atom. The van der Waals surface area contributed by atoms with Crippen LogP contribution in [0.5, 0.6) is 0 Å². The van der Waals surface area contributed by atoms with Crippen molar-refractivity contribution in [1.29, 1.82) is 0 Å². The fourth-order valence-corrected chi connectivity index (χ4v) is 3.61. The van der Waals surface area contributed by atoms with Gasteiger partial charge in [-0.3, -0.25) is 9.78 Å². The molecular formula is C19H24N6O. The second-order valence-corrected chi connectivity index (χ2v) is 6.78. The minimum atomic E-state index is 0.0116. The Morgan fingerprint density at radius 1 is 0.808 bits per heavy atom. The van der Waals surface area contributed by atoms with Crippen LogP contribution in [0.2, 0.25) is 0 Å². The van der Waals surface area contributed by atoms with Gasteiger partial charge in [-0.05, 0) is 37.5 Å². The average Bonchev–Trinajstić information content (AvgIpc) is 2.75. The van der Waals surface area contributed by atoms with E-state index in [1.54, 1.807) is 18.6 Å². The molecule has 2 aromatic rings. The number of hydrogen-bond donors (Lipinski definition) is 0. The SMILES string of the molecule is O=C(c1cc(N2CCCCC2)ccn1)N1CCN(c2ncccn2)CC1. The van der Waals surface area contributed by atoms with E-state index in [4.69, 9.17) is 0 Å². The summed E-state index contributed by atoms with van der Waals surface area (Å²) in [5.41, 5.74) is 1.65. The zero-order valence-electron chi connectivity index (χ0n) is 14.9. The van der Waals surface area contributed by atoms with Crippen LogP contribution in [0.3, 0.4) is 0 Å². The highest BCUT2D eigenvalue weighted by Crippen LogP contribution is 2.21. The lowest BCUT2D eigenvalue weighted by Crippen LogP contribution is -2.49. The fraction of sp³-hybridized carbons (Fsp3) is 0.474. The predicted octanol–water partition coefficient (Wildman–Crippen LogP) is 1.82. The normalized spacial score (nSPS) is 18.1. The smallest absolute Gasteiger partial charge is 0.272 e. The Kier molecular flexibility index (Phi) is 4.95. The molecule has 0 atom stereocenters. The lowest BCUT2D eigenvalue weighted by atomic mass is 10.1. The highest BCUT2D eigenvalue weighted by atomic mass is 16.2. The summed E-state index contributed by atoms with van der Waals surface area (Å²) in [6.45, 7) is 4.92. The number of piperazine rings is 1. The summed E-state index contributed by atoms with van der Waals surface area (Å²) < 4.78 is 0. The minimum Gasteiger partial charge on any atom is -0.371 e. The van der Waals surface area contributed by atoms with Gasteiger partial charge in [-0.15, -0.1) is 0 Å². The van der Waals surface area contributed by atoms with Crippen molar-refractivity contribution in [2.24, 2.45) is 0 Å². The van der Waals surface area contributed by atoms with E-state index in [1.807, 2.05) is 23.1 Å². The number of nitrogens with zero attached hydrogens (tertiary/aromatic N) is 6. The Bertz CT molecular complexity index is 739. The molecule has 2 saturated heterocycles. The van der Waals surface area contributed by atoms with Gasteiger partial charge in [0.05, 0.1) is 0 Å². The molecule has 1 amide bonds. The molecule has 4 heterocycles. The van der Waals surface area contributed by atoms with Crippen molar-refractivity contribution in [3.8, 4) is 0 Å². The van der Waals surface area contributed by atoms with Crippen LogP contribution < -0.4 is 9.80 Å². The number of pyridine rings is 1. The van der Waals surface area contributed by atoms with Crippen molar-refractivity contribution in [2.75, 3.05) is 49.1 Å². The Balaban J connectivity index is 1.40. The van der Waals surface area contributed by atoms with E-state index in [0.717, 1.165) is 37.8 Å². The zero-order chi connectivity index (χ0) is 17.8. The van der Waals surface area contributed by atoms with Crippen LogP contribution in [-0.2, 0) is 0 Å². The molecule has 0 bridgehead atoms. The number of anilines is 2. The van der Waals surface area contributed by atoms with E-state index in [-0.39, 0.29) is 5.91 Å². The van der Waals surface area contributed by atoms with E-state index in [1.165, 1.54) is 19.3 Å². The Labute approximate surface area is 153 Å². The molecule has 7 heteroatoms. The van der Waals surface area contributed by atoms with Crippen molar-refractivity contribution in [3.05, 3.63) is 42.5 Å². The van der Waals surface area contributed by atoms with Crippen molar-refractivity contribution in [2.45, 2.75) is 19.3 Å². The van der Waals surface area contributed by atoms with E-state index >= 15 is 0 Å². The largest absolute Gasteiger partial charge is 0.371 e. The average molecular weight is 352 g/mol. The van der Waals surface area contributed by atoms with Crippen molar-refractivity contribution >= 4 is 17.5 Å². The summed E-state index contributed by atoms with van der Waals surface area (Å²) in [5.74, 6) is 0.738. The monoisotopic (exact) mass is 352 g/mol. The Hall–Kier alpha value is -2.70. The van der Waals surface area contributed by atoms with Crippen LogP contribution >= 0.6 is 0 Å². The molecule has 0 N–H and O–H groups in total. The molecule has 7 nitrogen and oxygen atoms in total. The molecule has 0 aliphatic carbocycles. The van der Waals surface area contributed by atoms with Crippen molar-refractivity contribution in [3.63, 3.8) is 0 Å². The number of carbonyl (C=O) groups excluding carboxylic acids is 1. The maximum Gasteiger partial charge on any atom is 0.272 e. The van der Waals surface area contributed by atoms with E-state index in [2.05, 4.69) is 24.8 Å². The highest BCUT2D eigenvalue weighted by molar-refractivity contribution is 5.93. The molecule has 0 unspecified atom stereocenters. The van der Waals surface area contributed by atoms with Gasteiger partial charge in [0.25, 0.3) is 5.91 Å². The molecule has 2 fully saturated rings. The second-order valence-electron chi connectivity index (χ2n) is 6.78. The Morgan fingerprint density at radius 3 is 2.27 bits per heavy atom. The summed E-state index contributed by atoms with van der Waals surface area (Å²) >= 11 is 0. The molecule has 2 aromatic heterocycles. The van der Waals surface area contributed by atoms with Gasteiger partial charge in [0.1, 0.15) is 5.69 Å². The second kappa shape index (κ2) is 7.68. The number of carbonyl (C=O) groups is 1. The first kappa shape index (κ1) is 16.8. The van der Waals surface area contributed by atoms with Gasteiger partial charge in [0.2, 0.25) is 5.95 Å². The van der Waals surface area contributed by atoms with E-state index in [9.17, 15) is 4.79 Å². The minimum absolute atomic E-state index is 0.0116. The predicted molar refractivity (Wildman–Crippen MR) is 100 cm³/mol. The topological polar surface area (TPSA) is 65.5 Å². The summed E-state index contributed by atoms with van der Waals surface area (Å²) in [6.07, 6.45) is 8.98. The summed E-state index contributed by atoms with van der Waals surface area (Å²) in [7, 11) is 0. The lowest BCUT2D eigenvalue weighted by Gasteiger charge is -2.34. The van der Waals surface area contributed by atoms with Gasteiger partial charge in [-0.2, -0.15) is 0 Å². The molecule has 136 valence electrons. The van der Waals surface area contributed by atoms with Gasteiger partial charge in [0.15, 0.2) is 0 Å². The third-order valence-electron chi connectivity index (χ3n) is 5.09. The fourth-order valence-electron chi connectivity index (χ4n) is 3.61. The number of aromatic nitrogens is 3. The van der Waals surface area contributed by atoms with Crippen molar-refractivity contribution < 1.29 is 4.79 Å². The van der Waals surface area contributed by atoms with Crippen LogP contribution in [0, 0.1) is 0 Å². The third kappa shape index (κ3) is 3.61. The summed E-state index contributed by atoms with van der Waals surface area (Å²) in [6, 6.07) is 5.76. The molecule has 2 aliphatic rings. The molecule has 4 rings (SSSR count). The summed E-state index contributed by atoms with van der Waals surface area (Å²) in [5, 5.41) is 0. The van der Waals surface area contributed by atoms with Crippen LogP contribution in [0.25, 0.3) is 0 Å². The molecule has 0 saturated carbocycles. The van der Waals surface area contributed by atoms with Crippen LogP contribution in [-0.4, -0.2) is 65.0 Å². The quantitative estimate of drug-likeness (QED) is 0.840. The van der Waals surface area contributed by atoms with E-state index < -0.39 is 0 Å². The van der Waals surface area contributed by atoms with Crippen LogP contribution in [0.1, 0.15) is 29.8 Å². The van der Waals surface area contributed by atoms with Gasteiger partial charge < -0.3 is 14.7 Å². The van der Waals surface area contributed by atoms with Gasteiger partial charge in [0, 0.05) is 63.5 Å². The number of piperidine rings is 1. The first-order valence-electron chi connectivity index (χ1n) is 9.33. The number of hydrogen-bond acceptors (Lipinski definition) is 6. The first-order valence-corrected chi connectivity index (χ1v) is 9.33. The maximum atomic E-state index is 12.9. The molecule has 0 spiro atoms. The molecule has 0 radical (unpaired) electrons. The standard InChI is InChI=1S/C19H24N6O/c26-18(17-15-16(5-8-20-17)23-9-2-1-3-10-23)24-11-13-25(14-12-24)19-21-6-4-7-22-19/h4-8,15H,1-3,9-14H2. The first-order chi connectivity index (χ1) is 12.8. The summed E-state index contributed by atoms with van der Waals surface area (Å²) in [4.78, 5) is 32.1. The van der Waals surface area contributed by atoms with Crippen LogP contribution in [0.4, 0.5) is 11.6 Å².